The summed E-state index contributed by atoms with van der Waals surface area (Å²) in [6.45, 7) is 0. The predicted molar refractivity (Wildman–Crippen MR) is 69.8 cm³/mol. The van der Waals surface area contributed by atoms with Crippen LogP contribution in [0.1, 0.15) is 10.4 Å². The van der Waals surface area contributed by atoms with Crippen LogP contribution in [0.5, 0.6) is 5.75 Å². The van der Waals surface area contributed by atoms with Crippen molar-refractivity contribution < 1.29 is 19.0 Å². The number of carbonyl (C=O) groups is 1. The zero-order valence-corrected chi connectivity index (χ0v) is 10.2. The van der Waals surface area contributed by atoms with Crippen LogP contribution < -0.4 is 10.5 Å². The Morgan fingerprint density at radius 3 is 2.63 bits per heavy atom. The standard InChI is InChI=1S/C14H12FNO3/c1-19-9-3-4-12(15)10(7-9)8-2-5-13(16)11(6-8)14(17)18/h2-7H,16H2,1H3,(H,17,18). The van der Waals surface area contributed by atoms with Crippen molar-refractivity contribution in [2.24, 2.45) is 0 Å². The zero-order valence-electron chi connectivity index (χ0n) is 10.2. The average Bonchev–Trinajstić information content (AvgIpc) is 2.40. The monoisotopic (exact) mass is 261 g/mol. The molecule has 0 aliphatic rings. The van der Waals surface area contributed by atoms with Crippen LogP contribution in [0.25, 0.3) is 11.1 Å². The number of halogens is 1. The third-order valence-corrected chi connectivity index (χ3v) is 2.77. The van der Waals surface area contributed by atoms with Crippen LogP contribution in [0.2, 0.25) is 0 Å². The number of methoxy groups -OCH3 is 1. The molecule has 0 saturated carbocycles. The lowest BCUT2D eigenvalue weighted by atomic mass is 10.0. The van der Waals surface area contributed by atoms with Gasteiger partial charge < -0.3 is 15.6 Å². The van der Waals surface area contributed by atoms with Crippen molar-refractivity contribution in [2.75, 3.05) is 12.8 Å². The van der Waals surface area contributed by atoms with Gasteiger partial charge in [0.1, 0.15) is 11.6 Å². The normalized spacial score (nSPS) is 10.2. The Bertz CT molecular complexity index is 641. The van der Waals surface area contributed by atoms with Crippen LogP contribution in [0, 0.1) is 5.82 Å². The molecule has 0 aromatic heterocycles. The van der Waals surface area contributed by atoms with E-state index in [2.05, 4.69) is 0 Å². The highest BCUT2D eigenvalue weighted by Gasteiger charge is 2.12. The second-order valence-electron chi connectivity index (χ2n) is 3.95. The molecule has 4 nitrogen and oxygen atoms in total. The lowest BCUT2D eigenvalue weighted by Crippen LogP contribution is -2.02. The van der Waals surface area contributed by atoms with Crippen molar-refractivity contribution in [3.05, 3.63) is 47.8 Å². The molecular weight excluding hydrogens is 249 g/mol. The molecule has 0 atom stereocenters. The second kappa shape index (κ2) is 4.97. The number of carboxylic acid groups (broad SMARTS) is 1. The van der Waals surface area contributed by atoms with Crippen LogP contribution in [-0.4, -0.2) is 18.2 Å². The number of anilines is 1. The summed E-state index contributed by atoms with van der Waals surface area (Å²) in [5, 5.41) is 9.01. The molecule has 5 heteroatoms. The summed E-state index contributed by atoms with van der Waals surface area (Å²) >= 11 is 0. The zero-order chi connectivity index (χ0) is 14.0. The Hall–Kier alpha value is -2.56. The van der Waals surface area contributed by atoms with Crippen LogP contribution in [-0.2, 0) is 0 Å². The van der Waals surface area contributed by atoms with Gasteiger partial charge in [0.05, 0.1) is 12.7 Å². The molecule has 2 rings (SSSR count). The Morgan fingerprint density at radius 1 is 1.26 bits per heavy atom. The molecule has 0 aliphatic heterocycles. The maximum atomic E-state index is 13.8. The first-order chi connectivity index (χ1) is 9.02. The summed E-state index contributed by atoms with van der Waals surface area (Å²) in [5.74, 6) is -1.12. The highest BCUT2D eigenvalue weighted by Crippen LogP contribution is 2.29. The van der Waals surface area contributed by atoms with E-state index < -0.39 is 11.8 Å². The van der Waals surface area contributed by atoms with Crippen LogP contribution in [0.3, 0.4) is 0 Å². The SMILES string of the molecule is COc1ccc(F)c(-c2ccc(N)c(C(=O)O)c2)c1. The van der Waals surface area contributed by atoms with Crippen molar-refractivity contribution in [2.45, 2.75) is 0 Å². The van der Waals surface area contributed by atoms with Gasteiger partial charge in [0, 0.05) is 11.3 Å². The minimum absolute atomic E-state index is 0.0558. The molecule has 2 aromatic rings. The number of nitrogens with two attached hydrogens (primary N) is 1. The summed E-state index contributed by atoms with van der Waals surface area (Å²) in [6, 6.07) is 8.62. The maximum absolute atomic E-state index is 13.8. The minimum Gasteiger partial charge on any atom is -0.497 e. The highest BCUT2D eigenvalue weighted by atomic mass is 19.1. The van der Waals surface area contributed by atoms with E-state index in [-0.39, 0.29) is 16.8 Å². The molecule has 0 bridgehead atoms. The molecule has 0 aliphatic carbocycles. The molecule has 0 amide bonds. The topological polar surface area (TPSA) is 72.5 Å². The molecule has 2 aromatic carbocycles. The van der Waals surface area contributed by atoms with Crippen molar-refractivity contribution in [1.82, 2.24) is 0 Å². The molecule has 0 radical (unpaired) electrons. The second-order valence-corrected chi connectivity index (χ2v) is 3.95. The molecule has 0 spiro atoms. The van der Waals surface area contributed by atoms with Gasteiger partial charge in [0.25, 0.3) is 0 Å². The number of ether oxygens (including phenoxy) is 1. The predicted octanol–water partition coefficient (Wildman–Crippen LogP) is 2.78. The van der Waals surface area contributed by atoms with Gasteiger partial charge in [-0.15, -0.1) is 0 Å². The van der Waals surface area contributed by atoms with Crippen molar-refractivity contribution in [3.8, 4) is 16.9 Å². The summed E-state index contributed by atoms with van der Waals surface area (Å²) in [6.07, 6.45) is 0. The number of hydrogen-bond acceptors (Lipinski definition) is 3. The minimum atomic E-state index is -1.15. The van der Waals surface area contributed by atoms with Crippen molar-refractivity contribution in [3.63, 3.8) is 0 Å². The molecule has 0 heterocycles. The number of aromatic carboxylic acids is 1. The largest absolute Gasteiger partial charge is 0.497 e. The Labute approximate surface area is 109 Å². The van der Waals surface area contributed by atoms with Gasteiger partial charge >= 0.3 is 5.97 Å². The van der Waals surface area contributed by atoms with Gasteiger partial charge in [-0.2, -0.15) is 0 Å². The van der Waals surface area contributed by atoms with Gasteiger partial charge in [-0.25, -0.2) is 9.18 Å². The fourth-order valence-electron chi connectivity index (χ4n) is 1.76. The smallest absolute Gasteiger partial charge is 0.337 e. The molecule has 0 fully saturated rings. The third-order valence-electron chi connectivity index (χ3n) is 2.77. The van der Waals surface area contributed by atoms with Crippen molar-refractivity contribution in [1.29, 1.82) is 0 Å². The molecule has 19 heavy (non-hydrogen) atoms. The van der Waals surface area contributed by atoms with Crippen LogP contribution in [0.15, 0.2) is 36.4 Å². The van der Waals surface area contributed by atoms with E-state index in [0.29, 0.717) is 11.3 Å². The van der Waals surface area contributed by atoms with Crippen LogP contribution >= 0.6 is 0 Å². The van der Waals surface area contributed by atoms with E-state index in [1.165, 1.54) is 37.4 Å². The summed E-state index contributed by atoms with van der Waals surface area (Å²) < 4.78 is 18.8. The summed E-state index contributed by atoms with van der Waals surface area (Å²) in [5.41, 5.74) is 6.34. The Morgan fingerprint density at radius 2 is 2.00 bits per heavy atom. The highest BCUT2D eigenvalue weighted by molar-refractivity contribution is 5.95. The Balaban J connectivity index is 2.59. The van der Waals surface area contributed by atoms with E-state index >= 15 is 0 Å². The lowest BCUT2D eigenvalue weighted by Gasteiger charge is -2.08. The number of rotatable bonds is 3. The molecule has 0 unspecified atom stereocenters. The first-order valence-electron chi connectivity index (χ1n) is 5.49. The maximum Gasteiger partial charge on any atom is 0.337 e. The van der Waals surface area contributed by atoms with Gasteiger partial charge in [-0.1, -0.05) is 6.07 Å². The quantitative estimate of drug-likeness (QED) is 0.833. The van der Waals surface area contributed by atoms with Gasteiger partial charge in [-0.3, -0.25) is 0 Å². The molecule has 0 saturated heterocycles. The Kier molecular flexibility index (Phi) is 3.37. The summed E-state index contributed by atoms with van der Waals surface area (Å²) in [4.78, 5) is 11.0. The van der Waals surface area contributed by atoms with Crippen molar-refractivity contribution >= 4 is 11.7 Å². The first-order valence-corrected chi connectivity index (χ1v) is 5.49. The number of nitrogen functional groups attached to an aromatic ring is 1. The summed E-state index contributed by atoms with van der Waals surface area (Å²) in [7, 11) is 1.47. The molecular formula is C14H12FNO3. The van der Waals surface area contributed by atoms with Gasteiger partial charge in [0.15, 0.2) is 0 Å². The molecule has 98 valence electrons. The number of carboxylic acids is 1. The van der Waals surface area contributed by atoms with E-state index in [0.717, 1.165) is 0 Å². The van der Waals surface area contributed by atoms with E-state index in [1.807, 2.05) is 0 Å². The first kappa shape index (κ1) is 12.9. The lowest BCUT2D eigenvalue weighted by molar-refractivity contribution is 0.0698. The van der Waals surface area contributed by atoms with E-state index in [9.17, 15) is 9.18 Å². The number of hydrogen-bond donors (Lipinski definition) is 2. The van der Waals surface area contributed by atoms with E-state index in [4.69, 9.17) is 15.6 Å². The number of benzene rings is 2. The fourth-order valence-corrected chi connectivity index (χ4v) is 1.76. The van der Waals surface area contributed by atoms with Crippen LogP contribution in [0.4, 0.5) is 10.1 Å². The van der Waals surface area contributed by atoms with Gasteiger partial charge in [-0.05, 0) is 35.9 Å². The van der Waals surface area contributed by atoms with E-state index in [1.54, 1.807) is 6.07 Å². The fraction of sp³-hybridized carbons (Fsp3) is 0.0714. The molecule has 3 N–H and O–H groups in total. The third kappa shape index (κ3) is 2.49. The van der Waals surface area contributed by atoms with Gasteiger partial charge in [0.2, 0.25) is 0 Å². The average molecular weight is 261 g/mol.